The Kier molecular flexibility index (Phi) is 4.46. The molecule has 0 aromatic carbocycles. The Labute approximate surface area is 114 Å². The van der Waals surface area contributed by atoms with Gasteiger partial charge >= 0.3 is 0 Å². The van der Waals surface area contributed by atoms with Crippen molar-refractivity contribution in [1.29, 1.82) is 0 Å². The number of aromatic nitrogens is 1. The molecule has 3 nitrogen and oxygen atoms in total. The molecule has 2 N–H and O–H groups in total. The maximum atomic E-state index is 6.04. The lowest BCUT2D eigenvalue weighted by atomic mass is 9.87. The molecule has 1 aliphatic carbocycles. The second-order valence-electron chi connectivity index (χ2n) is 5.36. The van der Waals surface area contributed by atoms with Crippen molar-refractivity contribution in [3.8, 4) is 0 Å². The van der Waals surface area contributed by atoms with Gasteiger partial charge in [-0.05, 0) is 43.2 Å². The summed E-state index contributed by atoms with van der Waals surface area (Å²) in [6.07, 6.45) is 6.83. The molecule has 1 saturated carbocycles. The molecule has 1 aromatic heterocycles. The third-order valence-electron chi connectivity index (χ3n) is 4.03. The number of hydrogen-bond donors (Lipinski definition) is 1. The topological polar surface area (TPSA) is 42.1 Å². The lowest BCUT2D eigenvalue weighted by Gasteiger charge is -2.34. The smallest absolute Gasteiger partial charge is 0.128 e. The third-order valence-corrected chi connectivity index (χ3v) is 4.37. The first-order valence-corrected chi connectivity index (χ1v) is 7.07. The minimum Gasteiger partial charge on any atom is -0.357 e. The Hall–Kier alpha value is -0.800. The normalized spacial score (nSPS) is 24.0. The molecule has 0 bridgehead atoms. The summed E-state index contributed by atoms with van der Waals surface area (Å²) in [6.45, 7) is 2.80. The van der Waals surface area contributed by atoms with Crippen molar-refractivity contribution >= 4 is 17.4 Å². The summed E-state index contributed by atoms with van der Waals surface area (Å²) in [5, 5.41) is 0.659. The van der Waals surface area contributed by atoms with E-state index in [1.807, 2.05) is 6.07 Å². The zero-order valence-corrected chi connectivity index (χ0v) is 12.0. The average molecular weight is 268 g/mol. The molecule has 0 saturated heterocycles. The molecule has 1 heterocycles. The van der Waals surface area contributed by atoms with Crippen LogP contribution in [0.1, 0.15) is 38.2 Å². The van der Waals surface area contributed by atoms with E-state index < -0.39 is 0 Å². The number of hydrogen-bond acceptors (Lipinski definition) is 3. The van der Waals surface area contributed by atoms with E-state index in [1.165, 1.54) is 25.7 Å². The molecule has 0 amide bonds. The highest BCUT2D eigenvalue weighted by molar-refractivity contribution is 6.31. The van der Waals surface area contributed by atoms with E-state index in [0.717, 1.165) is 17.3 Å². The molecule has 4 heteroatoms. The molecule has 0 radical (unpaired) electrons. The van der Waals surface area contributed by atoms with Crippen LogP contribution in [0.25, 0.3) is 0 Å². The first-order chi connectivity index (χ1) is 8.61. The van der Waals surface area contributed by atoms with Gasteiger partial charge in [0.1, 0.15) is 5.82 Å². The molecule has 1 aliphatic rings. The molecule has 18 heavy (non-hydrogen) atoms. The minimum absolute atomic E-state index is 0.462. The lowest BCUT2D eigenvalue weighted by Crippen LogP contribution is -2.35. The van der Waals surface area contributed by atoms with E-state index in [4.69, 9.17) is 17.3 Å². The molecule has 0 aliphatic heterocycles. The highest BCUT2D eigenvalue weighted by atomic mass is 35.5. The van der Waals surface area contributed by atoms with Crippen LogP contribution in [-0.2, 0) is 6.54 Å². The summed E-state index contributed by atoms with van der Waals surface area (Å²) in [5.41, 5.74) is 6.66. The van der Waals surface area contributed by atoms with Crippen LogP contribution in [-0.4, -0.2) is 18.1 Å². The predicted molar refractivity (Wildman–Crippen MR) is 77.0 cm³/mol. The Morgan fingerprint density at radius 2 is 2.06 bits per heavy atom. The predicted octanol–water partition coefficient (Wildman–Crippen LogP) is 3.21. The van der Waals surface area contributed by atoms with Gasteiger partial charge in [-0.2, -0.15) is 0 Å². The maximum Gasteiger partial charge on any atom is 0.128 e. The molecule has 1 fully saturated rings. The summed E-state index contributed by atoms with van der Waals surface area (Å²) in [4.78, 5) is 6.70. The Morgan fingerprint density at radius 1 is 1.39 bits per heavy atom. The molecule has 100 valence electrons. The van der Waals surface area contributed by atoms with Gasteiger partial charge in [0.25, 0.3) is 0 Å². The van der Waals surface area contributed by atoms with E-state index in [0.29, 0.717) is 17.6 Å². The summed E-state index contributed by atoms with van der Waals surface area (Å²) in [5.74, 6) is 1.85. The highest BCUT2D eigenvalue weighted by Gasteiger charge is 2.22. The summed E-state index contributed by atoms with van der Waals surface area (Å²) in [6, 6.07) is 2.61. The van der Waals surface area contributed by atoms with Gasteiger partial charge in [0.2, 0.25) is 0 Å². The van der Waals surface area contributed by atoms with Crippen LogP contribution >= 0.6 is 11.6 Å². The summed E-state index contributed by atoms with van der Waals surface area (Å²) in [7, 11) is 2.12. The van der Waals surface area contributed by atoms with Crippen molar-refractivity contribution in [3.63, 3.8) is 0 Å². The van der Waals surface area contributed by atoms with Crippen LogP contribution in [0.3, 0.4) is 0 Å². The first kappa shape index (κ1) is 13.6. The highest BCUT2D eigenvalue weighted by Crippen LogP contribution is 2.29. The molecule has 2 rings (SSSR count). The van der Waals surface area contributed by atoms with Crippen LogP contribution in [0.5, 0.6) is 0 Å². The van der Waals surface area contributed by atoms with Gasteiger partial charge in [-0.3, -0.25) is 0 Å². The number of nitrogens with zero attached hydrogens (tertiary/aromatic N) is 2. The van der Waals surface area contributed by atoms with E-state index in [9.17, 15) is 0 Å². The van der Waals surface area contributed by atoms with Gasteiger partial charge in [-0.15, -0.1) is 0 Å². The van der Waals surface area contributed by atoms with Gasteiger partial charge in [-0.25, -0.2) is 4.98 Å². The number of halogens is 1. The van der Waals surface area contributed by atoms with Crippen LogP contribution < -0.4 is 10.6 Å². The quantitative estimate of drug-likeness (QED) is 0.914. The van der Waals surface area contributed by atoms with Crippen molar-refractivity contribution in [2.75, 3.05) is 11.9 Å². The standard InChI is InChI=1S/C14H22ClN3/c1-10-3-5-12(6-4-10)18(2)14-7-11(8-16)13(15)9-17-14/h7,9-10,12H,3-6,8,16H2,1-2H3. The van der Waals surface area contributed by atoms with Crippen molar-refractivity contribution in [2.24, 2.45) is 11.7 Å². The van der Waals surface area contributed by atoms with Crippen LogP contribution in [0.2, 0.25) is 5.02 Å². The van der Waals surface area contributed by atoms with E-state index >= 15 is 0 Å². The Balaban J connectivity index is 2.10. The van der Waals surface area contributed by atoms with Gasteiger partial charge < -0.3 is 10.6 Å². The molecular formula is C14H22ClN3. The summed E-state index contributed by atoms with van der Waals surface area (Å²) < 4.78 is 0. The number of anilines is 1. The van der Waals surface area contributed by atoms with Crippen LogP contribution in [0.15, 0.2) is 12.3 Å². The van der Waals surface area contributed by atoms with E-state index in [2.05, 4.69) is 23.9 Å². The second kappa shape index (κ2) is 5.89. The zero-order chi connectivity index (χ0) is 13.1. The van der Waals surface area contributed by atoms with Gasteiger partial charge in [0.05, 0.1) is 5.02 Å². The van der Waals surface area contributed by atoms with Crippen LogP contribution in [0.4, 0.5) is 5.82 Å². The fourth-order valence-corrected chi connectivity index (χ4v) is 2.81. The Bertz CT molecular complexity index is 400. The monoisotopic (exact) mass is 267 g/mol. The van der Waals surface area contributed by atoms with Gasteiger partial charge in [-0.1, -0.05) is 18.5 Å². The lowest BCUT2D eigenvalue weighted by molar-refractivity contribution is 0.340. The fourth-order valence-electron chi connectivity index (χ4n) is 2.63. The molecule has 0 atom stereocenters. The largest absolute Gasteiger partial charge is 0.357 e. The number of pyridine rings is 1. The number of rotatable bonds is 3. The van der Waals surface area contributed by atoms with Crippen molar-refractivity contribution in [3.05, 3.63) is 22.8 Å². The van der Waals surface area contributed by atoms with Gasteiger partial charge in [0, 0.05) is 25.8 Å². The molecule has 0 spiro atoms. The van der Waals surface area contributed by atoms with E-state index in [-0.39, 0.29) is 0 Å². The second-order valence-corrected chi connectivity index (χ2v) is 5.77. The molecule has 1 aromatic rings. The third kappa shape index (κ3) is 2.96. The molecule has 0 unspecified atom stereocenters. The van der Waals surface area contributed by atoms with Crippen molar-refractivity contribution in [1.82, 2.24) is 4.98 Å². The van der Waals surface area contributed by atoms with Gasteiger partial charge in [0.15, 0.2) is 0 Å². The zero-order valence-electron chi connectivity index (χ0n) is 11.2. The maximum absolute atomic E-state index is 6.04. The Morgan fingerprint density at radius 3 is 2.67 bits per heavy atom. The fraction of sp³-hybridized carbons (Fsp3) is 0.643. The first-order valence-electron chi connectivity index (χ1n) is 6.69. The minimum atomic E-state index is 0.462. The number of nitrogens with two attached hydrogens (primary N) is 1. The van der Waals surface area contributed by atoms with Crippen molar-refractivity contribution < 1.29 is 0 Å². The van der Waals surface area contributed by atoms with E-state index in [1.54, 1.807) is 6.20 Å². The molecular weight excluding hydrogens is 246 g/mol. The SMILES string of the molecule is CC1CCC(N(C)c2cc(CN)c(Cl)cn2)CC1. The summed E-state index contributed by atoms with van der Waals surface area (Å²) >= 11 is 6.04. The van der Waals surface area contributed by atoms with Crippen LogP contribution in [0, 0.1) is 5.92 Å². The van der Waals surface area contributed by atoms with Crippen molar-refractivity contribution in [2.45, 2.75) is 45.2 Å². The average Bonchev–Trinajstić information content (AvgIpc) is 2.39.